The maximum atomic E-state index is 11.3. The Morgan fingerprint density at radius 2 is 0.571 bits per heavy atom. The second-order valence-electron chi connectivity index (χ2n) is 5.70. The Morgan fingerprint density at radius 1 is 0.393 bits per heavy atom. The Kier molecular flexibility index (Phi) is 6.01. The molecule has 0 spiro atoms. The number of hydrogen-bond donors (Lipinski definition) is 0. The molecule has 2 aromatic rings. The maximum Gasteiger partial charge on any atom is 0.338 e. The van der Waals surface area contributed by atoms with Gasteiger partial charge < -0.3 is 18.9 Å². The van der Waals surface area contributed by atoms with Crippen LogP contribution in [0.5, 0.6) is 0 Å². The zero-order valence-corrected chi connectivity index (χ0v) is 14.7. The van der Waals surface area contributed by atoms with Gasteiger partial charge in [0.1, 0.15) is 26.4 Å². The lowest BCUT2D eigenvalue weighted by molar-refractivity contribution is 0.0260. The summed E-state index contributed by atoms with van der Waals surface area (Å²) in [6, 6.07) is 12.4. The van der Waals surface area contributed by atoms with Gasteiger partial charge in [-0.3, -0.25) is 0 Å². The van der Waals surface area contributed by atoms with Crippen molar-refractivity contribution in [2.24, 2.45) is 0 Å². The van der Waals surface area contributed by atoms with Crippen molar-refractivity contribution in [2.45, 2.75) is 0 Å². The van der Waals surface area contributed by atoms with E-state index in [1.807, 2.05) is 0 Å². The van der Waals surface area contributed by atoms with E-state index in [-0.39, 0.29) is 26.4 Å². The predicted molar refractivity (Wildman–Crippen MR) is 94.0 cm³/mol. The monoisotopic (exact) mass is 384 g/mol. The van der Waals surface area contributed by atoms with Crippen LogP contribution < -0.4 is 0 Å². The smallest absolute Gasteiger partial charge is 0.338 e. The minimum atomic E-state index is -0.394. The molecular weight excluding hydrogens is 368 g/mol. The van der Waals surface area contributed by atoms with Crippen LogP contribution in [0.15, 0.2) is 48.5 Å². The van der Waals surface area contributed by atoms with Crippen molar-refractivity contribution in [1.29, 1.82) is 0 Å². The first-order chi connectivity index (χ1) is 13.5. The molecule has 4 aliphatic heterocycles. The lowest BCUT2D eigenvalue weighted by Crippen LogP contribution is -2.16. The van der Waals surface area contributed by atoms with Gasteiger partial charge in [0.25, 0.3) is 0 Å². The number of benzene rings is 2. The highest BCUT2D eigenvalue weighted by Gasteiger charge is 2.14. The van der Waals surface area contributed by atoms with E-state index in [2.05, 4.69) is 0 Å². The van der Waals surface area contributed by atoms with Gasteiger partial charge in [0.2, 0.25) is 0 Å². The third kappa shape index (κ3) is 4.73. The van der Waals surface area contributed by atoms with Crippen LogP contribution in [0.3, 0.4) is 0 Å². The zero-order chi connectivity index (χ0) is 19.9. The van der Waals surface area contributed by atoms with E-state index in [1.165, 1.54) is 0 Å². The molecule has 0 unspecified atom stereocenters. The lowest BCUT2D eigenvalue weighted by Gasteiger charge is -2.09. The molecule has 0 N–H and O–H groups in total. The Hall–Kier alpha value is -3.68. The van der Waals surface area contributed by atoms with Gasteiger partial charge >= 0.3 is 23.9 Å². The second kappa shape index (κ2) is 8.81. The quantitative estimate of drug-likeness (QED) is 0.502. The van der Waals surface area contributed by atoms with Gasteiger partial charge in [-0.2, -0.15) is 0 Å². The molecule has 8 heteroatoms. The number of hydrogen-bond acceptors (Lipinski definition) is 8. The molecule has 0 amide bonds. The Labute approximate surface area is 160 Å². The summed E-state index contributed by atoms with van der Waals surface area (Å²) in [5, 5.41) is 0. The summed E-state index contributed by atoms with van der Waals surface area (Å²) in [5.41, 5.74) is 1.79. The first-order valence-corrected chi connectivity index (χ1v) is 8.43. The van der Waals surface area contributed by atoms with E-state index in [9.17, 15) is 19.2 Å². The number of carbonyl (C=O) groups excluding carboxylic acids is 4. The van der Waals surface area contributed by atoms with Crippen LogP contribution in [-0.2, 0) is 18.9 Å². The van der Waals surface area contributed by atoms with Crippen molar-refractivity contribution in [1.82, 2.24) is 0 Å². The van der Waals surface area contributed by atoms with Gasteiger partial charge in [0.05, 0.1) is 22.3 Å². The minimum Gasteiger partial charge on any atom is -0.458 e. The highest BCUT2D eigenvalue weighted by atomic mass is 16.6. The van der Waals surface area contributed by atoms with Crippen molar-refractivity contribution in [2.75, 3.05) is 26.4 Å². The van der Waals surface area contributed by atoms with Crippen LogP contribution in [0.2, 0.25) is 0 Å². The van der Waals surface area contributed by atoms with Gasteiger partial charge in [0, 0.05) is 0 Å². The maximum absolute atomic E-state index is 11.3. The van der Waals surface area contributed by atoms with E-state index in [1.54, 1.807) is 48.5 Å². The standard InChI is InChI=1S/2C10H8O4/c2*11-9-7-1-2-8(4-3-7)10(12)14-6-5-13-9/h2*1-4H,5-6H2. The molecule has 6 rings (SSSR count). The third-order valence-electron chi connectivity index (χ3n) is 3.81. The van der Waals surface area contributed by atoms with Crippen LogP contribution in [-0.4, -0.2) is 50.3 Å². The third-order valence-corrected chi connectivity index (χ3v) is 3.81. The van der Waals surface area contributed by atoms with Crippen LogP contribution in [0.4, 0.5) is 0 Å². The molecule has 4 aliphatic rings. The van der Waals surface area contributed by atoms with E-state index >= 15 is 0 Å². The highest BCUT2D eigenvalue weighted by Crippen LogP contribution is 2.10. The molecule has 0 aromatic heterocycles. The number of esters is 4. The van der Waals surface area contributed by atoms with Crippen molar-refractivity contribution in [3.05, 3.63) is 70.8 Å². The molecule has 0 saturated carbocycles. The van der Waals surface area contributed by atoms with Crippen LogP contribution in [0, 0.1) is 0 Å². The number of fused-ring (bicyclic) bond motifs is 14. The number of carbonyl (C=O) groups is 4. The van der Waals surface area contributed by atoms with Crippen molar-refractivity contribution < 1.29 is 38.1 Å². The molecule has 28 heavy (non-hydrogen) atoms. The van der Waals surface area contributed by atoms with Crippen molar-refractivity contribution in [3.8, 4) is 0 Å². The summed E-state index contributed by atoms with van der Waals surface area (Å²) >= 11 is 0. The SMILES string of the molecule is O=C1OCCOC(=O)c2ccc1cc2.O=C1OCCOC(=O)c2ccc1cc2. The normalized spacial score (nSPS) is 16.0. The van der Waals surface area contributed by atoms with E-state index in [0.29, 0.717) is 22.3 Å². The van der Waals surface area contributed by atoms with Crippen LogP contribution in [0.25, 0.3) is 0 Å². The van der Waals surface area contributed by atoms with Crippen LogP contribution >= 0.6 is 0 Å². The van der Waals surface area contributed by atoms with Gasteiger partial charge in [-0.25, -0.2) is 19.2 Å². The number of rotatable bonds is 0. The fraction of sp³-hybridized carbons (Fsp3) is 0.200. The summed E-state index contributed by atoms with van der Waals surface area (Å²) in [4.78, 5) is 45.0. The van der Waals surface area contributed by atoms with Gasteiger partial charge in [0.15, 0.2) is 0 Å². The lowest BCUT2D eigenvalue weighted by atomic mass is 10.1. The minimum absolute atomic E-state index is 0.100. The predicted octanol–water partition coefficient (Wildman–Crippen LogP) is 2.03. The molecule has 2 aromatic carbocycles. The molecule has 0 aliphatic carbocycles. The molecule has 144 valence electrons. The Morgan fingerprint density at radius 3 is 0.750 bits per heavy atom. The first kappa shape index (κ1) is 19.1. The van der Waals surface area contributed by atoms with Gasteiger partial charge in [-0.15, -0.1) is 0 Å². The molecule has 0 fully saturated rings. The van der Waals surface area contributed by atoms with Gasteiger partial charge in [-0.1, -0.05) is 0 Å². The second-order valence-corrected chi connectivity index (χ2v) is 5.70. The molecule has 8 nitrogen and oxygen atoms in total. The van der Waals surface area contributed by atoms with Crippen molar-refractivity contribution in [3.63, 3.8) is 0 Å². The summed E-state index contributed by atoms with van der Waals surface area (Å²) in [5.74, 6) is -1.58. The van der Waals surface area contributed by atoms with Gasteiger partial charge in [-0.05, 0) is 48.5 Å². The van der Waals surface area contributed by atoms with E-state index in [0.717, 1.165) is 0 Å². The fourth-order valence-corrected chi connectivity index (χ4v) is 2.36. The average molecular weight is 384 g/mol. The fourth-order valence-electron chi connectivity index (χ4n) is 2.36. The Bertz CT molecular complexity index is 734. The summed E-state index contributed by atoms with van der Waals surface area (Å²) in [7, 11) is 0. The zero-order valence-electron chi connectivity index (χ0n) is 14.7. The molecule has 0 atom stereocenters. The molecule has 4 bridgehead atoms. The topological polar surface area (TPSA) is 105 Å². The highest BCUT2D eigenvalue weighted by molar-refractivity contribution is 5.94. The number of ether oxygens (including phenoxy) is 4. The van der Waals surface area contributed by atoms with E-state index < -0.39 is 23.9 Å². The summed E-state index contributed by atoms with van der Waals surface area (Å²) in [6.45, 7) is 0.401. The molecular formula is C20H16O8. The Balaban J connectivity index is 0.000000161. The summed E-state index contributed by atoms with van der Waals surface area (Å²) in [6.07, 6.45) is 0. The van der Waals surface area contributed by atoms with Crippen LogP contribution in [0.1, 0.15) is 41.4 Å². The molecule has 0 saturated heterocycles. The largest absolute Gasteiger partial charge is 0.458 e. The summed E-state index contributed by atoms with van der Waals surface area (Å²) < 4.78 is 19.3. The average Bonchev–Trinajstić information content (AvgIpc) is 2.74. The molecule has 4 heterocycles. The molecule has 0 radical (unpaired) electrons. The van der Waals surface area contributed by atoms with Crippen molar-refractivity contribution >= 4 is 23.9 Å². The van der Waals surface area contributed by atoms with E-state index in [4.69, 9.17) is 18.9 Å². The first-order valence-electron chi connectivity index (χ1n) is 8.43.